The molecule has 0 saturated heterocycles. The second-order valence-corrected chi connectivity index (χ2v) is 7.09. The molecule has 1 fully saturated rings. The number of fused-ring (bicyclic) bond motifs is 1. The third-order valence-corrected chi connectivity index (χ3v) is 4.55. The van der Waals surface area contributed by atoms with Gasteiger partial charge in [0.1, 0.15) is 17.5 Å². The molecule has 0 bridgehead atoms. The highest BCUT2D eigenvalue weighted by molar-refractivity contribution is 7.80. The Balaban J connectivity index is 2.17. The molecule has 0 aliphatic heterocycles. The monoisotopic (exact) mass is 298 g/mol. The van der Waals surface area contributed by atoms with Crippen LogP contribution in [0.1, 0.15) is 38.2 Å². The van der Waals surface area contributed by atoms with Crippen LogP contribution in [0, 0.1) is 5.41 Å². The van der Waals surface area contributed by atoms with Crippen LogP contribution in [0.5, 0.6) is 0 Å². The predicted molar refractivity (Wildman–Crippen MR) is 87.0 cm³/mol. The summed E-state index contributed by atoms with van der Waals surface area (Å²) in [6.07, 6.45) is 0.906. The lowest BCUT2D eigenvalue weighted by Gasteiger charge is -2.32. The van der Waals surface area contributed by atoms with Crippen molar-refractivity contribution in [2.75, 3.05) is 0 Å². The van der Waals surface area contributed by atoms with E-state index in [2.05, 4.69) is 12.6 Å². The van der Waals surface area contributed by atoms with E-state index in [0.717, 1.165) is 21.2 Å². The van der Waals surface area contributed by atoms with E-state index >= 15 is 0 Å². The normalized spacial score (nSPS) is 19.2. The van der Waals surface area contributed by atoms with Gasteiger partial charge in [0.15, 0.2) is 0 Å². The summed E-state index contributed by atoms with van der Waals surface area (Å²) in [4.78, 5) is 25.9. The SMILES string of the molecule is CC1(C)CC(=O)C(c2cccc3cccc(S)c23)C(=O)C1. The molecule has 0 N–H and O–H groups in total. The molecule has 0 heterocycles. The Labute approximate surface area is 130 Å². The molecule has 2 aromatic rings. The first kappa shape index (κ1) is 14.3. The van der Waals surface area contributed by atoms with Crippen LogP contribution in [0.4, 0.5) is 0 Å². The Morgan fingerprint density at radius 2 is 1.57 bits per heavy atom. The topological polar surface area (TPSA) is 34.1 Å². The van der Waals surface area contributed by atoms with E-state index in [1.54, 1.807) is 0 Å². The molecule has 0 amide bonds. The van der Waals surface area contributed by atoms with Gasteiger partial charge in [-0.05, 0) is 27.8 Å². The van der Waals surface area contributed by atoms with Gasteiger partial charge in [-0.25, -0.2) is 0 Å². The van der Waals surface area contributed by atoms with Gasteiger partial charge in [-0.2, -0.15) is 0 Å². The molecular formula is C18H18O2S. The molecule has 0 aromatic heterocycles. The minimum Gasteiger partial charge on any atom is -0.299 e. The maximum atomic E-state index is 12.5. The van der Waals surface area contributed by atoms with Crippen LogP contribution < -0.4 is 0 Å². The molecule has 3 rings (SSSR count). The quantitative estimate of drug-likeness (QED) is 0.633. The van der Waals surface area contributed by atoms with E-state index < -0.39 is 5.92 Å². The van der Waals surface area contributed by atoms with Gasteiger partial charge in [-0.3, -0.25) is 9.59 Å². The Hall–Kier alpha value is -1.61. The first-order valence-electron chi connectivity index (χ1n) is 7.15. The number of benzene rings is 2. The average Bonchev–Trinajstić information content (AvgIpc) is 2.36. The summed E-state index contributed by atoms with van der Waals surface area (Å²) in [5, 5.41) is 1.94. The summed E-state index contributed by atoms with van der Waals surface area (Å²) in [7, 11) is 0. The van der Waals surface area contributed by atoms with Crippen molar-refractivity contribution in [2.45, 2.75) is 37.5 Å². The van der Waals surface area contributed by atoms with E-state index in [1.165, 1.54) is 0 Å². The zero-order valence-electron chi connectivity index (χ0n) is 12.2. The third-order valence-electron chi connectivity index (χ3n) is 4.18. The molecule has 1 saturated carbocycles. The molecule has 2 aromatic carbocycles. The predicted octanol–water partition coefficient (Wildman–Crippen LogP) is 4.17. The van der Waals surface area contributed by atoms with E-state index in [0.29, 0.717) is 12.8 Å². The number of hydrogen-bond donors (Lipinski definition) is 1. The first-order chi connectivity index (χ1) is 9.89. The zero-order chi connectivity index (χ0) is 15.2. The van der Waals surface area contributed by atoms with Crippen molar-refractivity contribution in [3.8, 4) is 0 Å². The minimum absolute atomic E-state index is 0.0281. The van der Waals surface area contributed by atoms with Gasteiger partial charge in [0.05, 0.1) is 0 Å². The first-order valence-corrected chi connectivity index (χ1v) is 7.60. The number of hydrogen-bond acceptors (Lipinski definition) is 3. The van der Waals surface area contributed by atoms with Crippen LogP contribution in [0.15, 0.2) is 41.3 Å². The third kappa shape index (κ3) is 2.51. The fraction of sp³-hybridized carbons (Fsp3) is 0.333. The molecule has 21 heavy (non-hydrogen) atoms. The number of Topliss-reactive ketones (excluding diaryl/α,β-unsaturated/α-hetero) is 2. The lowest BCUT2D eigenvalue weighted by Crippen LogP contribution is -2.36. The second kappa shape index (κ2) is 4.99. The van der Waals surface area contributed by atoms with Crippen molar-refractivity contribution in [3.63, 3.8) is 0 Å². The Morgan fingerprint density at radius 1 is 1.00 bits per heavy atom. The molecule has 0 spiro atoms. The van der Waals surface area contributed by atoms with Gasteiger partial charge in [0.25, 0.3) is 0 Å². The van der Waals surface area contributed by atoms with Crippen molar-refractivity contribution in [3.05, 3.63) is 42.0 Å². The number of rotatable bonds is 1. The summed E-state index contributed by atoms with van der Waals surface area (Å²) in [6, 6.07) is 11.6. The van der Waals surface area contributed by atoms with Crippen LogP contribution >= 0.6 is 12.6 Å². The Kier molecular flexibility index (Phi) is 3.40. The van der Waals surface area contributed by atoms with Crippen molar-refractivity contribution < 1.29 is 9.59 Å². The van der Waals surface area contributed by atoms with Crippen LogP contribution in [0.3, 0.4) is 0 Å². The summed E-state index contributed by atoms with van der Waals surface area (Å²) >= 11 is 4.51. The van der Waals surface area contributed by atoms with Crippen molar-refractivity contribution in [1.82, 2.24) is 0 Å². The Morgan fingerprint density at radius 3 is 2.19 bits per heavy atom. The van der Waals surface area contributed by atoms with E-state index in [-0.39, 0.29) is 17.0 Å². The molecule has 108 valence electrons. The van der Waals surface area contributed by atoms with Crippen LogP contribution in [-0.4, -0.2) is 11.6 Å². The van der Waals surface area contributed by atoms with Crippen molar-refractivity contribution in [1.29, 1.82) is 0 Å². The van der Waals surface area contributed by atoms with E-state index in [4.69, 9.17) is 0 Å². The summed E-state index contributed by atoms with van der Waals surface area (Å²) < 4.78 is 0. The van der Waals surface area contributed by atoms with Crippen LogP contribution in [-0.2, 0) is 9.59 Å². The second-order valence-electron chi connectivity index (χ2n) is 6.61. The molecule has 2 nitrogen and oxygen atoms in total. The van der Waals surface area contributed by atoms with Crippen molar-refractivity contribution in [2.24, 2.45) is 5.41 Å². The maximum absolute atomic E-state index is 12.5. The van der Waals surface area contributed by atoms with E-state index in [9.17, 15) is 9.59 Å². The van der Waals surface area contributed by atoms with Gasteiger partial charge >= 0.3 is 0 Å². The summed E-state index contributed by atoms with van der Waals surface area (Å²) in [6.45, 7) is 3.96. The zero-order valence-corrected chi connectivity index (χ0v) is 13.1. The average molecular weight is 298 g/mol. The van der Waals surface area contributed by atoms with E-state index in [1.807, 2.05) is 50.2 Å². The largest absolute Gasteiger partial charge is 0.299 e. The lowest BCUT2D eigenvalue weighted by atomic mass is 9.69. The lowest BCUT2D eigenvalue weighted by molar-refractivity contribution is -0.135. The highest BCUT2D eigenvalue weighted by atomic mass is 32.1. The van der Waals surface area contributed by atoms with Gasteiger partial charge in [-0.15, -0.1) is 12.6 Å². The fourth-order valence-corrected chi connectivity index (χ4v) is 3.67. The summed E-state index contributed by atoms with van der Waals surface area (Å²) in [5.41, 5.74) is 0.586. The molecule has 0 radical (unpaired) electrons. The van der Waals surface area contributed by atoms with Crippen molar-refractivity contribution >= 4 is 35.0 Å². The molecule has 0 unspecified atom stereocenters. The van der Waals surface area contributed by atoms with Gasteiger partial charge in [0.2, 0.25) is 0 Å². The smallest absolute Gasteiger partial charge is 0.148 e. The van der Waals surface area contributed by atoms with Crippen LogP contribution in [0.25, 0.3) is 10.8 Å². The standard InChI is InChI=1S/C18H18O2S/c1-18(2)9-13(19)17(14(20)10-18)12-7-3-5-11-6-4-8-15(21)16(11)12/h3-8,17,21H,9-10H2,1-2H3. The van der Waals surface area contributed by atoms with Gasteiger partial charge in [-0.1, -0.05) is 44.2 Å². The number of ketones is 2. The Bertz CT molecular complexity index is 721. The molecular weight excluding hydrogens is 280 g/mol. The van der Waals surface area contributed by atoms with Gasteiger partial charge in [0, 0.05) is 17.7 Å². The minimum atomic E-state index is -0.630. The highest BCUT2D eigenvalue weighted by Crippen LogP contribution is 2.40. The van der Waals surface area contributed by atoms with Crippen LogP contribution in [0.2, 0.25) is 0 Å². The summed E-state index contributed by atoms with van der Waals surface area (Å²) in [5.74, 6) is -0.573. The molecule has 1 aliphatic carbocycles. The number of carbonyl (C=O) groups excluding carboxylic acids is 2. The fourth-order valence-electron chi connectivity index (χ4n) is 3.33. The number of carbonyl (C=O) groups is 2. The molecule has 0 atom stereocenters. The van der Waals surface area contributed by atoms with Gasteiger partial charge < -0.3 is 0 Å². The molecule has 3 heteroatoms. The molecule has 1 aliphatic rings. The maximum Gasteiger partial charge on any atom is 0.148 e. The number of thiol groups is 1. The highest BCUT2D eigenvalue weighted by Gasteiger charge is 2.40.